The second kappa shape index (κ2) is 5.21. The van der Waals surface area contributed by atoms with E-state index in [0.29, 0.717) is 11.8 Å². The summed E-state index contributed by atoms with van der Waals surface area (Å²) in [6, 6.07) is 2.41. The van der Waals surface area contributed by atoms with E-state index in [1.165, 1.54) is 19.3 Å². The van der Waals surface area contributed by atoms with E-state index in [1.807, 2.05) is 0 Å². The number of ether oxygens (including phenoxy) is 1. The Hall–Kier alpha value is -2.55. The minimum atomic E-state index is -0.771. The van der Waals surface area contributed by atoms with Crippen molar-refractivity contribution in [1.82, 2.24) is 5.32 Å². The van der Waals surface area contributed by atoms with Crippen LogP contribution < -0.4 is 10.1 Å². The highest BCUT2D eigenvalue weighted by molar-refractivity contribution is 8.18. The van der Waals surface area contributed by atoms with E-state index < -0.39 is 27.5 Å². The third-order valence-electron chi connectivity index (χ3n) is 2.43. The zero-order chi connectivity index (χ0) is 14.9. The van der Waals surface area contributed by atoms with E-state index in [4.69, 9.17) is 4.74 Å². The van der Waals surface area contributed by atoms with Gasteiger partial charge in [0.2, 0.25) is 5.75 Å². The molecule has 1 aromatic carbocycles. The van der Waals surface area contributed by atoms with Gasteiger partial charge in [-0.1, -0.05) is 0 Å². The van der Waals surface area contributed by atoms with Crippen LogP contribution in [0, 0.1) is 10.1 Å². The third-order valence-corrected chi connectivity index (χ3v) is 3.24. The molecule has 1 fully saturated rings. The first-order valence-electron chi connectivity index (χ1n) is 5.22. The standard InChI is InChI=1S/C11H8N2O6S/c1-19-7-3-5(2-6(9(7)14)13(17)18)4-8-10(15)12-11(16)20-8/h2-4,14H,1H3,(H,12,15,16). The van der Waals surface area contributed by atoms with Crippen molar-refractivity contribution in [3.05, 3.63) is 32.7 Å². The minimum absolute atomic E-state index is 0.0965. The molecule has 2 amide bonds. The van der Waals surface area contributed by atoms with Gasteiger partial charge in [-0.3, -0.25) is 25.0 Å². The lowest BCUT2D eigenvalue weighted by Crippen LogP contribution is -2.17. The van der Waals surface area contributed by atoms with Crippen LogP contribution in [-0.2, 0) is 4.79 Å². The lowest BCUT2D eigenvalue weighted by atomic mass is 10.1. The van der Waals surface area contributed by atoms with Crippen LogP contribution in [0.4, 0.5) is 10.5 Å². The van der Waals surface area contributed by atoms with E-state index in [1.54, 1.807) is 0 Å². The van der Waals surface area contributed by atoms with E-state index in [-0.39, 0.29) is 16.2 Å². The lowest BCUT2D eigenvalue weighted by Gasteiger charge is -2.05. The summed E-state index contributed by atoms with van der Waals surface area (Å²) >= 11 is 0.689. The van der Waals surface area contributed by atoms with Crippen LogP contribution in [0.25, 0.3) is 6.08 Å². The fourth-order valence-corrected chi connectivity index (χ4v) is 2.25. The van der Waals surface area contributed by atoms with Crippen molar-refractivity contribution in [2.45, 2.75) is 0 Å². The Kier molecular flexibility index (Phi) is 3.61. The van der Waals surface area contributed by atoms with E-state index in [0.717, 1.165) is 6.07 Å². The first-order chi connectivity index (χ1) is 9.42. The highest BCUT2D eigenvalue weighted by atomic mass is 32.2. The summed E-state index contributed by atoms with van der Waals surface area (Å²) in [4.78, 5) is 32.6. The van der Waals surface area contributed by atoms with Crippen molar-refractivity contribution in [2.24, 2.45) is 0 Å². The Balaban J connectivity index is 2.50. The molecule has 0 bridgehead atoms. The highest BCUT2D eigenvalue weighted by Gasteiger charge is 2.26. The molecule has 1 saturated heterocycles. The van der Waals surface area contributed by atoms with Crippen molar-refractivity contribution < 1.29 is 24.4 Å². The zero-order valence-electron chi connectivity index (χ0n) is 10.1. The van der Waals surface area contributed by atoms with E-state index in [9.17, 15) is 24.8 Å². The van der Waals surface area contributed by atoms with Crippen molar-refractivity contribution in [1.29, 1.82) is 0 Å². The molecule has 1 aromatic rings. The molecular formula is C11H8N2O6S. The molecule has 0 atom stereocenters. The van der Waals surface area contributed by atoms with Crippen molar-refractivity contribution in [3.8, 4) is 11.5 Å². The van der Waals surface area contributed by atoms with Gasteiger partial charge < -0.3 is 9.84 Å². The number of thioether (sulfide) groups is 1. The SMILES string of the molecule is COc1cc(C=C2SC(=O)NC2=O)cc([N+](=O)[O-])c1O. The van der Waals surface area contributed by atoms with Gasteiger partial charge in [0, 0.05) is 6.07 Å². The van der Waals surface area contributed by atoms with Crippen LogP contribution in [0.5, 0.6) is 11.5 Å². The van der Waals surface area contributed by atoms with Crippen LogP contribution in [0.15, 0.2) is 17.0 Å². The average molecular weight is 296 g/mol. The Morgan fingerprint density at radius 2 is 2.15 bits per heavy atom. The lowest BCUT2D eigenvalue weighted by molar-refractivity contribution is -0.386. The number of rotatable bonds is 3. The number of benzene rings is 1. The van der Waals surface area contributed by atoms with Crippen molar-refractivity contribution in [3.63, 3.8) is 0 Å². The molecule has 8 nitrogen and oxygen atoms in total. The quantitative estimate of drug-likeness (QED) is 0.494. The maximum Gasteiger partial charge on any atom is 0.315 e. The molecule has 1 aliphatic rings. The van der Waals surface area contributed by atoms with Crippen LogP contribution in [0.2, 0.25) is 0 Å². The Morgan fingerprint density at radius 1 is 1.45 bits per heavy atom. The molecule has 0 unspecified atom stereocenters. The third kappa shape index (κ3) is 2.57. The molecule has 20 heavy (non-hydrogen) atoms. The van der Waals surface area contributed by atoms with Gasteiger partial charge in [-0.2, -0.15) is 0 Å². The van der Waals surface area contributed by atoms with E-state index >= 15 is 0 Å². The molecule has 1 aliphatic heterocycles. The number of nitrogens with one attached hydrogen (secondary N) is 1. The summed E-state index contributed by atoms with van der Waals surface area (Å²) in [7, 11) is 1.25. The maximum absolute atomic E-state index is 11.4. The van der Waals surface area contributed by atoms with Gasteiger partial charge in [0.15, 0.2) is 5.75 Å². The predicted octanol–water partition coefficient (Wildman–Crippen LogP) is 1.63. The van der Waals surface area contributed by atoms with Gasteiger partial charge >= 0.3 is 5.69 Å². The molecule has 0 aromatic heterocycles. The number of nitro benzene ring substituents is 1. The highest BCUT2D eigenvalue weighted by Crippen LogP contribution is 2.38. The molecule has 2 rings (SSSR count). The van der Waals surface area contributed by atoms with Crippen molar-refractivity contribution in [2.75, 3.05) is 7.11 Å². The predicted molar refractivity (Wildman–Crippen MR) is 70.4 cm³/mol. The average Bonchev–Trinajstić information content (AvgIpc) is 2.69. The van der Waals surface area contributed by atoms with Gasteiger partial charge in [-0.15, -0.1) is 0 Å². The maximum atomic E-state index is 11.4. The molecule has 0 aliphatic carbocycles. The minimum Gasteiger partial charge on any atom is -0.500 e. The number of methoxy groups -OCH3 is 1. The molecule has 2 N–H and O–H groups in total. The van der Waals surface area contributed by atoms with E-state index in [2.05, 4.69) is 5.32 Å². The summed E-state index contributed by atoms with van der Waals surface area (Å²) in [5.74, 6) is -1.27. The smallest absolute Gasteiger partial charge is 0.315 e. The topological polar surface area (TPSA) is 119 Å². The number of phenols is 1. The first-order valence-corrected chi connectivity index (χ1v) is 6.04. The Bertz CT molecular complexity index is 655. The number of hydrogen-bond donors (Lipinski definition) is 2. The van der Waals surface area contributed by atoms with Gasteiger partial charge in [0.25, 0.3) is 11.1 Å². The Labute approximate surface area is 116 Å². The van der Waals surface area contributed by atoms with Crippen molar-refractivity contribution >= 4 is 34.7 Å². The molecule has 0 spiro atoms. The number of aromatic hydroxyl groups is 1. The fraction of sp³-hybridized carbons (Fsp3) is 0.0909. The normalized spacial score (nSPS) is 16.4. The van der Waals surface area contributed by atoms with Gasteiger partial charge in [0.1, 0.15) is 0 Å². The van der Waals surface area contributed by atoms with Crippen LogP contribution in [0.3, 0.4) is 0 Å². The van der Waals surface area contributed by atoms with Gasteiger partial charge in [-0.05, 0) is 29.5 Å². The number of phenolic OH excluding ortho intramolecular Hbond substituents is 1. The molecule has 1 heterocycles. The Morgan fingerprint density at radius 3 is 2.65 bits per heavy atom. The van der Waals surface area contributed by atoms with Crippen LogP contribution in [-0.4, -0.2) is 28.3 Å². The summed E-state index contributed by atoms with van der Waals surface area (Å²) < 4.78 is 4.83. The molecular weight excluding hydrogens is 288 g/mol. The number of imide groups is 1. The van der Waals surface area contributed by atoms with Gasteiger partial charge in [0.05, 0.1) is 16.9 Å². The van der Waals surface area contributed by atoms with Gasteiger partial charge in [-0.25, -0.2) is 0 Å². The van der Waals surface area contributed by atoms with Crippen LogP contribution in [0.1, 0.15) is 5.56 Å². The van der Waals surface area contributed by atoms with Crippen LogP contribution >= 0.6 is 11.8 Å². The monoisotopic (exact) mass is 296 g/mol. The number of carbonyl (C=O) groups is 2. The summed E-state index contributed by atoms with van der Waals surface area (Å²) in [5, 5.41) is 22.0. The number of nitro groups is 1. The number of amides is 2. The summed E-state index contributed by atoms with van der Waals surface area (Å²) in [6.07, 6.45) is 1.31. The zero-order valence-corrected chi connectivity index (χ0v) is 10.9. The summed E-state index contributed by atoms with van der Waals surface area (Å²) in [6.45, 7) is 0. The summed E-state index contributed by atoms with van der Waals surface area (Å²) in [5.41, 5.74) is -0.287. The second-order valence-electron chi connectivity index (χ2n) is 3.70. The fourth-order valence-electron chi connectivity index (χ4n) is 1.56. The number of nitrogens with zero attached hydrogens (tertiary/aromatic N) is 1. The number of carbonyl (C=O) groups excluding carboxylic acids is 2. The molecule has 104 valence electrons. The molecule has 0 saturated carbocycles. The molecule has 0 radical (unpaired) electrons. The molecule has 9 heteroatoms. The second-order valence-corrected chi connectivity index (χ2v) is 4.71. The largest absolute Gasteiger partial charge is 0.500 e. The number of hydrogen-bond acceptors (Lipinski definition) is 7. The first kappa shape index (κ1) is 13.9.